The van der Waals surface area contributed by atoms with Crippen LogP contribution in [-0.4, -0.2) is 51.3 Å². The average Bonchev–Trinajstić information content (AvgIpc) is 3.40. The van der Waals surface area contributed by atoms with Crippen molar-refractivity contribution in [2.75, 3.05) is 36.0 Å². The Balaban J connectivity index is 1.27. The molecule has 3 aromatic rings. The van der Waals surface area contributed by atoms with Gasteiger partial charge in [-0.1, -0.05) is 11.3 Å². The van der Waals surface area contributed by atoms with Crippen molar-refractivity contribution in [3.05, 3.63) is 41.4 Å². The van der Waals surface area contributed by atoms with E-state index in [9.17, 15) is 26.3 Å². The second-order valence-electron chi connectivity index (χ2n) is 8.10. The topological polar surface area (TPSA) is 70.9 Å². The largest absolute Gasteiger partial charge is 0.445 e. The number of hydrogen-bond acceptors (Lipinski definition) is 8. The van der Waals surface area contributed by atoms with E-state index in [2.05, 4.69) is 25.1 Å². The first-order valence-corrected chi connectivity index (χ1v) is 10.6. The zero-order valence-electron chi connectivity index (χ0n) is 16.7. The van der Waals surface area contributed by atoms with Crippen LogP contribution in [0.15, 0.2) is 30.7 Å². The lowest BCUT2D eigenvalue weighted by molar-refractivity contribution is -0.141. The van der Waals surface area contributed by atoms with Gasteiger partial charge in [-0.15, -0.1) is 10.2 Å². The maximum absolute atomic E-state index is 12.9. The maximum Gasteiger partial charge on any atom is 0.445 e. The zero-order chi connectivity index (χ0) is 23.4. The Hall–Kier alpha value is -3.03. The number of aromatic nitrogens is 5. The van der Waals surface area contributed by atoms with Crippen molar-refractivity contribution >= 4 is 22.8 Å². The molecule has 5 rings (SSSR count). The summed E-state index contributed by atoms with van der Waals surface area (Å²) in [6.07, 6.45) is -4.24. The first-order valence-electron chi connectivity index (χ1n) is 9.79. The molecule has 7 nitrogen and oxygen atoms in total. The SMILES string of the molecule is FC(F)(F)c1cc(N2CC3(CCN(c4cncc(-c5nnc(C(F)(F)F)s5)n4)C3)C2)ccn1. The molecule has 2 saturated heterocycles. The summed E-state index contributed by atoms with van der Waals surface area (Å²) in [5.74, 6) is 0.509. The number of anilines is 2. The van der Waals surface area contributed by atoms with Crippen molar-refractivity contribution in [2.45, 2.75) is 18.8 Å². The fraction of sp³-hybridized carbons (Fsp3) is 0.421. The van der Waals surface area contributed by atoms with Gasteiger partial charge in [0.1, 0.15) is 17.2 Å². The number of hydrogen-bond donors (Lipinski definition) is 0. The fourth-order valence-corrected chi connectivity index (χ4v) is 4.82. The van der Waals surface area contributed by atoms with Crippen molar-refractivity contribution < 1.29 is 26.3 Å². The van der Waals surface area contributed by atoms with E-state index in [0.717, 1.165) is 18.7 Å². The van der Waals surface area contributed by atoms with Crippen molar-refractivity contribution in [1.29, 1.82) is 0 Å². The number of nitrogens with zero attached hydrogens (tertiary/aromatic N) is 7. The quantitative estimate of drug-likeness (QED) is 0.514. The molecule has 0 bridgehead atoms. The fourth-order valence-electron chi connectivity index (χ4n) is 4.16. The van der Waals surface area contributed by atoms with Crippen LogP contribution in [0.3, 0.4) is 0 Å². The van der Waals surface area contributed by atoms with Crippen LogP contribution in [0, 0.1) is 5.41 Å². The number of rotatable bonds is 3. The first kappa shape index (κ1) is 21.8. The molecule has 5 heterocycles. The summed E-state index contributed by atoms with van der Waals surface area (Å²) in [5.41, 5.74) is -0.356. The lowest BCUT2D eigenvalue weighted by Crippen LogP contribution is -2.57. The van der Waals surface area contributed by atoms with Gasteiger partial charge >= 0.3 is 12.4 Å². The molecule has 2 aliphatic heterocycles. The molecule has 0 aromatic carbocycles. The van der Waals surface area contributed by atoms with Gasteiger partial charge in [0.2, 0.25) is 5.01 Å². The van der Waals surface area contributed by atoms with E-state index in [0.29, 0.717) is 49.0 Å². The van der Waals surface area contributed by atoms with Crippen LogP contribution in [0.1, 0.15) is 17.1 Å². The molecule has 1 spiro atoms. The minimum absolute atomic E-state index is 0.0264. The van der Waals surface area contributed by atoms with E-state index in [1.54, 1.807) is 6.07 Å². The summed E-state index contributed by atoms with van der Waals surface area (Å²) >= 11 is 0.400. The Morgan fingerprint density at radius 2 is 1.70 bits per heavy atom. The normalized spacial score (nSPS) is 18.1. The molecule has 0 atom stereocenters. The van der Waals surface area contributed by atoms with Crippen molar-refractivity contribution in [1.82, 2.24) is 25.1 Å². The lowest BCUT2D eigenvalue weighted by Gasteiger charge is -2.49. The second kappa shape index (κ2) is 7.50. The molecular formula is C19H15F6N7S. The minimum Gasteiger partial charge on any atom is -0.370 e. The third-order valence-electron chi connectivity index (χ3n) is 5.72. The molecule has 3 aromatic heterocycles. The molecule has 2 aliphatic rings. The molecular weight excluding hydrogens is 472 g/mol. The summed E-state index contributed by atoms with van der Waals surface area (Å²) in [4.78, 5) is 15.8. The lowest BCUT2D eigenvalue weighted by atomic mass is 9.79. The highest BCUT2D eigenvalue weighted by Gasteiger charge is 2.48. The molecule has 0 aliphatic carbocycles. The molecule has 0 unspecified atom stereocenters. The Morgan fingerprint density at radius 1 is 0.939 bits per heavy atom. The molecule has 33 heavy (non-hydrogen) atoms. The summed E-state index contributed by atoms with van der Waals surface area (Å²) < 4.78 is 77.2. The van der Waals surface area contributed by atoms with Gasteiger partial charge in [-0.25, -0.2) is 4.98 Å². The summed E-state index contributed by atoms with van der Waals surface area (Å²) in [6, 6.07) is 2.60. The highest BCUT2D eigenvalue weighted by atomic mass is 32.1. The van der Waals surface area contributed by atoms with E-state index < -0.39 is 23.1 Å². The van der Waals surface area contributed by atoms with Crippen LogP contribution in [0.25, 0.3) is 10.7 Å². The first-order chi connectivity index (χ1) is 15.5. The van der Waals surface area contributed by atoms with Gasteiger partial charge in [0, 0.05) is 43.5 Å². The van der Waals surface area contributed by atoms with Gasteiger partial charge in [-0.3, -0.25) is 9.97 Å². The van der Waals surface area contributed by atoms with Crippen LogP contribution < -0.4 is 9.80 Å². The van der Waals surface area contributed by atoms with E-state index in [1.807, 2.05) is 9.80 Å². The molecule has 0 saturated carbocycles. The summed E-state index contributed by atoms with van der Waals surface area (Å²) in [7, 11) is 0. The van der Waals surface area contributed by atoms with E-state index in [4.69, 9.17) is 0 Å². The van der Waals surface area contributed by atoms with Crippen molar-refractivity contribution in [2.24, 2.45) is 5.41 Å². The van der Waals surface area contributed by atoms with Gasteiger partial charge in [0.25, 0.3) is 0 Å². The molecule has 0 radical (unpaired) electrons. The van der Waals surface area contributed by atoms with Gasteiger partial charge in [-0.05, 0) is 18.6 Å². The van der Waals surface area contributed by atoms with Gasteiger partial charge in [-0.2, -0.15) is 26.3 Å². The van der Waals surface area contributed by atoms with E-state index in [-0.39, 0.29) is 16.1 Å². The Morgan fingerprint density at radius 3 is 2.39 bits per heavy atom. The molecule has 2 fully saturated rings. The summed E-state index contributed by atoms with van der Waals surface area (Å²) in [6.45, 7) is 2.44. The predicted molar refractivity (Wildman–Crippen MR) is 107 cm³/mol. The number of pyridine rings is 1. The van der Waals surface area contributed by atoms with Gasteiger partial charge < -0.3 is 9.80 Å². The highest BCUT2D eigenvalue weighted by molar-refractivity contribution is 7.14. The Labute approximate surface area is 187 Å². The zero-order valence-corrected chi connectivity index (χ0v) is 17.5. The number of halogens is 6. The predicted octanol–water partition coefficient (Wildman–Crippen LogP) is 4.14. The van der Waals surface area contributed by atoms with Crippen molar-refractivity contribution in [3.63, 3.8) is 0 Å². The summed E-state index contributed by atoms with van der Waals surface area (Å²) in [5, 5.41) is 5.73. The monoisotopic (exact) mass is 487 g/mol. The third-order valence-corrected chi connectivity index (χ3v) is 6.71. The highest BCUT2D eigenvalue weighted by Crippen LogP contribution is 2.43. The van der Waals surface area contributed by atoms with Crippen LogP contribution >= 0.6 is 11.3 Å². The molecule has 0 N–H and O–H groups in total. The van der Waals surface area contributed by atoms with Crippen LogP contribution in [0.2, 0.25) is 0 Å². The average molecular weight is 487 g/mol. The second-order valence-corrected chi connectivity index (χ2v) is 9.07. The van der Waals surface area contributed by atoms with E-state index in [1.165, 1.54) is 12.4 Å². The molecule has 174 valence electrons. The number of alkyl halides is 6. The molecule has 0 amide bonds. The van der Waals surface area contributed by atoms with Gasteiger partial charge in [0.05, 0.1) is 12.4 Å². The molecule has 14 heteroatoms. The smallest absolute Gasteiger partial charge is 0.370 e. The minimum atomic E-state index is -4.58. The van der Waals surface area contributed by atoms with E-state index >= 15 is 0 Å². The van der Waals surface area contributed by atoms with Crippen LogP contribution in [0.5, 0.6) is 0 Å². The Bertz CT molecular complexity index is 1170. The van der Waals surface area contributed by atoms with Crippen LogP contribution in [0.4, 0.5) is 37.8 Å². The van der Waals surface area contributed by atoms with Gasteiger partial charge in [0.15, 0.2) is 5.01 Å². The standard InChI is InChI=1S/C19H15F6N7S/c20-18(21,22)13-5-11(1-3-27-13)32-9-17(10-32)2-4-31(8-17)14-7-26-6-12(28-14)15-29-30-16(33-15)19(23,24)25/h1,3,5-7H,2,4,8-10H2. The maximum atomic E-state index is 12.9. The van der Waals surface area contributed by atoms with Crippen molar-refractivity contribution in [3.8, 4) is 10.7 Å². The van der Waals surface area contributed by atoms with Crippen LogP contribution in [-0.2, 0) is 12.4 Å². The third kappa shape index (κ3) is 4.18. The Kier molecular flexibility index (Phi) is 4.95.